The van der Waals surface area contributed by atoms with Crippen molar-refractivity contribution in [2.45, 2.75) is 20.0 Å². The van der Waals surface area contributed by atoms with Crippen molar-refractivity contribution in [3.63, 3.8) is 0 Å². The molecule has 0 aliphatic heterocycles. The molecule has 0 aliphatic carbocycles. The first-order valence-corrected chi connectivity index (χ1v) is 7.42. The smallest absolute Gasteiger partial charge is 0.342 e. The third-order valence-electron chi connectivity index (χ3n) is 3.08. The molecule has 120 valence electrons. The van der Waals surface area contributed by atoms with Gasteiger partial charge in [0.25, 0.3) is 5.91 Å². The summed E-state index contributed by atoms with van der Waals surface area (Å²) in [6.07, 6.45) is -0.868. The molecule has 0 saturated heterocycles. The fraction of sp³-hybridized carbons (Fsp3) is 0.222. The lowest BCUT2D eigenvalue weighted by atomic mass is 10.2. The van der Waals surface area contributed by atoms with Crippen LogP contribution in [0.5, 0.6) is 11.5 Å². The Morgan fingerprint density at radius 3 is 2.39 bits per heavy atom. The van der Waals surface area contributed by atoms with E-state index in [0.29, 0.717) is 18.0 Å². The molecule has 0 heterocycles. The number of hydrogen-bond donors (Lipinski definition) is 1. The van der Waals surface area contributed by atoms with E-state index in [1.807, 2.05) is 18.2 Å². The van der Waals surface area contributed by atoms with E-state index in [4.69, 9.17) is 9.47 Å². The SMILES string of the molecule is CCNC(=O)[C@H](C)OC(=O)c1ccccc1Oc1ccccc1. The minimum Gasteiger partial charge on any atom is -0.456 e. The molecule has 1 atom stereocenters. The zero-order valence-corrected chi connectivity index (χ0v) is 13.1. The van der Waals surface area contributed by atoms with Gasteiger partial charge in [0, 0.05) is 6.54 Å². The van der Waals surface area contributed by atoms with Crippen molar-refractivity contribution in [3.8, 4) is 11.5 Å². The summed E-state index contributed by atoms with van der Waals surface area (Å²) in [5.74, 6) is 0.0638. The zero-order chi connectivity index (χ0) is 16.7. The largest absolute Gasteiger partial charge is 0.456 e. The normalized spacial score (nSPS) is 11.4. The van der Waals surface area contributed by atoms with Gasteiger partial charge in [-0.3, -0.25) is 4.79 Å². The number of nitrogens with one attached hydrogen (secondary N) is 1. The summed E-state index contributed by atoms with van der Waals surface area (Å²) in [5.41, 5.74) is 0.271. The van der Waals surface area contributed by atoms with E-state index in [1.54, 1.807) is 43.3 Å². The molecule has 1 amide bonds. The standard InChI is InChI=1S/C18H19NO4/c1-3-19-17(20)13(2)22-18(21)15-11-7-8-12-16(15)23-14-9-5-4-6-10-14/h4-13H,3H2,1-2H3,(H,19,20)/t13-/m0/s1. The highest BCUT2D eigenvalue weighted by molar-refractivity contribution is 5.94. The fourth-order valence-corrected chi connectivity index (χ4v) is 1.94. The van der Waals surface area contributed by atoms with Crippen LogP contribution in [0.3, 0.4) is 0 Å². The highest BCUT2D eigenvalue weighted by atomic mass is 16.5. The molecule has 0 aromatic heterocycles. The van der Waals surface area contributed by atoms with E-state index < -0.39 is 12.1 Å². The van der Waals surface area contributed by atoms with E-state index in [0.717, 1.165) is 0 Å². The summed E-state index contributed by atoms with van der Waals surface area (Å²) in [7, 11) is 0. The summed E-state index contributed by atoms with van der Waals surface area (Å²) in [6, 6.07) is 15.9. The molecular formula is C18H19NO4. The van der Waals surface area contributed by atoms with Crippen molar-refractivity contribution in [3.05, 3.63) is 60.2 Å². The van der Waals surface area contributed by atoms with Crippen LogP contribution in [0.15, 0.2) is 54.6 Å². The second-order valence-electron chi connectivity index (χ2n) is 4.85. The molecule has 5 nitrogen and oxygen atoms in total. The van der Waals surface area contributed by atoms with Crippen molar-refractivity contribution >= 4 is 11.9 Å². The third kappa shape index (κ3) is 4.57. The Labute approximate surface area is 135 Å². The number of amides is 1. The lowest BCUT2D eigenvalue weighted by molar-refractivity contribution is -0.128. The number of carbonyl (C=O) groups excluding carboxylic acids is 2. The lowest BCUT2D eigenvalue weighted by Crippen LogP contribution is -2.35. The average molecular weight is 313 g/mol. The lowest BCUT2D eigenvalue weighted by Gasteiger charge is -2.14. The van der Waals surface area contributed by atoms with Gasteiger partial charge in [0.15, 0.2) is 6.10 Å². The van der Waals surface area contributed by atoms with Crippen molar-refractivity contribution in [2.75, 3.05) is 6.54 Å². The summed E-state index contributed by atoms with van der Waals surface area (Å²) < 4.78 is 10.9. The maximum atomic E-state index is 12.3. The van der Waals surface area contributed by atoms with Gasteiger partial charge in [0.05, 0.1) is 0 Å². The van der Waals surface area contributed by atoms with Crippen LogP contribution in [0.1, 0.15) is 24.2 Å². The Bertz CT molecular complexity index is 670. The van der Waals surface area contributed by atoms with E-state index in [9.17, 15) is 9.59 Å². The van der Waals surface area contributed by atoms with Gasteiger partial charge in [0.2, 0.25) is 0 Å². The van der Waals surface area contributed by atoms with Gasteiger partial charge in [-0.2, -0.15) is 0 Å². The molecule has 0 aliphatic rings. The van der Waals surface area contributed by atoms with Crippen LogP contribution in [-0.4, -0.2) is 24.5 Å². The van der Waals surface area contributed by atoms with E-state index in [-0.39, 0.29) is 11.5 Å². The van der Waals surface area contributed by atoms with E-state index in [2.05, 4.69) is 5.32 Å². The van der Waals surface area contributed by atoms with Gasteiger partial charge in [-0.25, -0.2) is 4.79 Å². The molecule has 5 heteroatoms. The maximum absolute atomic E-state index is 12.3. The van der Waals surface area contributed by atoms with Gasteiger partial charge in [-0.15, -0.1) is 0 Å². The molecule has 0 spiro atoms. The minimum atomic E-state index is -0.868. The highest BCUT2D eigenvalue weighted by Gasteiger charge is 2.21. The third-order valence-corrected chi connectivity index (χ3v) is 3.08. The molecule has 0 radical (unpaired) electrons. The quantitative estimate of drug-likeness (QED) is 0.832. The summed E-state index contributed by atoms with van der Waals surface area (Å²) in [5, 5.41) is 2.61. The predicted molar refractivity (Wildman–Crippen MR) is 86.5 cm³/mol. The van der Waals surface area contributed by atoms with Crippen molar-refractivity contribution in [2.24, 2.45) is 0 Å². The Balaban J connectivity index is 2.13. The van der Waals surface area contributed by atoms with E-state index >= 15 is 0 Å². The van der Waals surface area contributed by atoms with Crippen LogP contribution in [0.25, 0.3) is 0 Å². The number of hydrogen-bond acceptors (Lipinski definition) is 4. The van der Waals surface area contributed by atoms with Gasteiger partial charge >= 0.3 is 5.97 Å². The number of para-hydroxylation sites is 2. The van der Waals surface area contributed by atoms with Crippen molar-refractivity contribution in [1.82, 2.24) is 5.32 Å². The monoisotopic (exact) mass is 313 g/mol. The van der Waals surface area contributed by atoms with Crippen LogP contribution < -0.4 is 10.1 Å². The Kier molecular flexibility index (Phi) is 5.74. The molecule has 0 saturated carbocycles. The van der Waals surface area contributed by atoms with E-state index in [1.165, 1.54) is 6.92 Å². The van der Waals surface area contributed by atoms with Gasteiger partial charge in [-0.05, 0) is 38.1 Å². The predicted octanol–water partition coefficient (Wildman–Crippen LogP) is 3.16. The number of benzene rings is 2. The number of carbonyl (C=O) groups is 2. The second-order valence-corrected chi connectivity index (χ2v) is 4.85. The van der Waals surface area contributed by atoms with Crippen LogP contribution >= 0.6 is 0 Å². The molecule has 0 unspecified atom stereocenters. The highest BCUT2D eigenvalue weighted by Crippen LogP contribution is 2.25. The Morgan fingerprint density at radius 2 is 1.70 bits per heavy atom. The summed E-state index contributed by atoms with van der Waals surface area (Å²) >= 11 is 0. The first kappa shape index (κ1) is 16.5. The van der Waals surface area contributed by atoms with Crippen molar-refractivity contribution in [1.29, 1.82) is 0 Å². The molecular weight excluding hydrogens is 294 g/mol. The number of ether oxygens (including phenoxy) is 2. The second kappa shape index (κ2) is 7.98. The van der Waals surface area contributed by atoms with Crippen molar-refractivity contribution < 1.29 is 19.1 Å². The first-order chi connectivity index (χ1) is 11.1. The van der Waals surface area contributed by atoms with Crippen LogP contribution in [-0.2, 0) is 9.53 Å². The zero-order valence-electron chi connectivity index (χ0n) is 13.1. The number of rotatable bonds is 6. The molecule has 1 N–H and O–H groups in total. The maximum Gasteiger partial charge on any atom is 0.342 e. The van der Waals surface area contributed by atoms with Crippen LogP contribution in [0.2, 0.25) is 0 Å². The molecule has 0 fully saturated rings. The van der Waals surface area contributed by atoms with Gasteiger partial charge < -0.3 is 14.8 Å². The molecule has 2 rings (SSSR count). The Hall–Kier alpha value is -2.82. The van der Waals surface area contributed by atoms with Gasteiger partial charge in [-0.1, -0.05) is 30.3 Å². The van der Waals surface area contributed by atoms with Gasteiger partial charge in [0.1, 0.15) is 17.1 Å². The topological polar surface area (TPSA) is 64.6 Å². The molecule has 2 aromatic carbocycles. The number of esters is 1. The first-order valence-electron chi connectivity index (χ1n) is 7.42. The molecule has 2 aromatic rings. The number of likely N-dealkylation sites (N-methyl/N-ethyl adjacent to an activating group) is 1. The van der Waals surface area contributed by atoms with Crippen LogP contribution in [0.4, 0.5) is 0 Å². The minimum absolute atomic E-state index is 0.271. The fourth-order valence-electron chi connectivity index (χ4n) is 1.94. The average Bonchev–Trinajstić information content (AvgIpc) is 2.56. The Morgan fingerprint density at radius 1 is 1.04 bits per heavy atom. The van der Waals surface area contributed by atoms with Crippen LogP contribution in [0, 0.1) is 0 Å². The summed E-state index contributed by atoms with van der Waals surface area (Å²) in [4.78, 5) is 24.0. The molecule has 23 heavy (non-hydrogen) atoms. The molecule has 0 bridgehead atoms. The summed E-state index contributed by atoms with van der Waals surface area (Å²) in [6.45, 7) is 3.81.